The number of aliphatic hydroxyl groups excluding tert-OH is 1. The van der Waals surface area contributed by atoms with Gasteiger partial charge >= 0.3 is 5.97 Å². The number of thioether (sulfide) groups is 1. The summed E-state index contributed by atoms with van der Waals surface area (Å²) in [4.78, 5) is 10.8. The van der Waals surface area contributed by atoms with Crippen LogP contribution in [-0.2, 0) is 19.0 Å². The summed E-state index contributed by atoms with van der Waals surface area (Å²) in [6.45, 7) is 2.69. The molecule has 0 aliphatic heterocycles. The Labute approximate surface area is 107 Å². The van der Waals surface area contributed by atoms with Crippen molar-refractivity contribution in [2.45, 2.75) is 25.6 Å². The second kappa shape index (κ2) is 10.8. The first-order valence-electron chi connectivity index (χ1n) is 5.53. The number of esters is 1. The van der Waals surface area contributed by atoms with E-state index in [-0.39, 0.29) is 18.7 Å². The molecule has 0 bridgehead atoms. The van der Waals surface area contributed by atoms with Crippen LogP contribution in [0.3, 0.4) is 0 Å². The molecule has 5 nitrogen and oxygen atoms in total. The van der Waals surface area contributed by atoms with Crippen LogP contribution < -0.4 is 0 Å². The number of ether oxygens (including phenoxy) is 3. The van der Waals surface area contributed by atoms with Crippen molar-refractivity contribution < 1.29 is 24.1 Å². The highest BCUT2D eigenvalue weighted by Crippen LogP contribution is 2.06. The minimum absolute atomic E-state index is 0.0188. The number of carbonyl (C=O) groups excluding carboxylic acids is 1. The van der Waals surface area contributed by atoms with Crippen LogP contribution in [-0.4, -0.2) is 62.2 Å². The molecular weight excluding hydrogens is 244 g/mol. The molecule has 0 spiro atoms. The van der Waals surface area contributed by atoms with Crippen LogP contribution in [0.2, 0.25) is 0 Å². The molecule has 0 aromatic heterocycles. The number of carbonyl (C=O) groups is 1. The van der Waals surface area contributed by atoms with Crippen LogP contribution in [0, 0.1) is 0 Å². The molecule has 0 fully saturated rings. The molecule has 0 aliphatic carbocycles. The van der Waals surface area contributed by atoms with Gasteiger partial charge in [-0.15, -0.1) is 0 Å². The van der Waals surface area contributed by atoms with Gasteiger partial charge in [0.25, 0.3) is 0 Å². The van der Waals surface area contributed by atoms with E-state index in [0.717, 1.165) is 0 Å². The number of aliphatic hydroxyl groups is 1. The Bertz CT molecular complexity index is 200. The highest BCUT2D eigenvalue weighted by atomic mass is 32.2. The van der Waals surface area contributed by atoms with Crippen molar-refractivity contribution in [3.63, 3.8) is 0 Å². The molecule has 17 heavy (non-hydrogen) atoms. The van der Waals surface area contributed by atoms with Crippen LogP contribution in [0.1, 0.15) is 13.3 Å². The zero-order valence-electron chi connectivity index (χ0n) is 10.7. The fraction of sp³-hybridized carbons (Fsp3) is 0.909. The van der Waals surface area contributed by atoms with Crippen LogP contribution in [0.25, 0.3) is 0 Å². The molecule has 1 N–H and O–H groups in total. The summed E-state index contributed by atoms with van der Waals surface area (Å²) in [5, 5.41) is 9.59. The van der Waals surface area contributed by atoms with E-state index < -0.39 is 6.10 Å². The van der Waals surface area contributed by atoms with Crippen LogP contribution in [0.4, 0.5) is 0 Å². The Morgan fingerprint density at radius 2 is 2.06 bits per heavy atom. The van der Waals surface area contributed by atoms with Crippen molar-refractivity contribution in [2.75, 3.05) is 38.9 Å². The lowest BCUT2D eigenvalue weighted by molar-refractivity contribution is -0.140. The lowest BCUT2D eigenvalue weighted by atomic mass is 10.4. The first-order chi connectivity index (χ1) is 8.10. The van der Waals surface area contributed by atoms with E-state index >= 15 is 0 Å². The number of hydrogen-bond donors (Lipinski definition) is 1. The van der Waals surface area contributed by atoms with Gasteiger partial charge in [0.2, 0.25) is 0 Å². The maximum Gasteiger partial charge on any atom is 0.306 e. The summed E-state index contributed by atoms with van der Waals surface area (Å²) in [5.41, 5.74) is 0. The maximum absolute atomic E-state index is 10.8. The Balaban J connectivity index is 3.40. The van der Waals surface area contributed by atoms with Crippen molar-refractivity contribution in [3.8, 4) is 0 Å². The van der Waals surface area contributed by atoms with E-state index in [2.05, 4.69) is 4.74 Å². The smallest absolute Gasteiger partial charge is 0.306 e. The normalized spacial score (nSPS) is 14.4. The van der Waals surface area contributed by atoms with Gasteiger partial charge in [-0.3, -0.25) is 4.79 Å². The monoisotopic (exact) mass is 266 g/mol. The molecule has 0 saturated carbocycles. The van der Waals surface area contributed by atoms with E-state index in [4.69, 9.17) is 9.47 Å². The lowest BCUT2D eigenvalue weighted by Crippen LogP contribution is -2.24. The SMILES string of the molecule is COCC(C)OCC(O)CSCCC(=O)OC. The molecule has 0 saturated heterocycles. The molecule has 0 heterocycles. The van der Waals surface area contributed by atoms with Crippen molar-refractivity contribution in [1.29, 1.82) is 0 Å². The predicted octanol–water partition coefficient (Wildman–Crippen LogP) is 0.695. The molecule has 0 aromatic rings. The minimum atomic E-state index is -0.517. The molecule has 0 rings (SSSR count). The van der Waals surface area contributed by atoms with E-state index in [1.165, 1.54) is 18.9 Å². The summed E-state index contributed by atoms with van der Waals surface area (Å²) in [6.07, 6.45) is -0.166. The zero-order valence-corrected chi connectivity index (χ0v) is 11.5. The van der Waals surface area contributed by atoms with Crippen molar-refractivity contribution in [3.05, 3.63) is 0 Å². The Morgan fingerprint density at radius 3 is 2.65 bits per heavy atom. The second-order valence-electron chi connectivity index (χ2n) is 3.65. The largest absolute Gasteiger partial charge is 0.469 e. The van der Waals surface area contributed by atoms with E-state index in [9.17, 15) is 9.90 Å². The quantitative estimate of drug-likeness (QED) is 0.464. The molecule has 0 amide bonds. The third-order valence-electron chi connectivity index (χ3n) is 1.96. The Morgan fingerprint density at radius 1 is 1.35 bits per heavy atom. The van der Waals surface area contributed by atoms with Crippen LogP contribution in [0.5, 0.6) is 0 Å². The average Bonchev–Trinajstić information content (AvgIpc) is 2.32. The molecule has 2 unspecified atom stereocenters. The molecule has 2 atom stereocenters. The van der Waals surface area contributed by atoms with Gasteiger partial charge in [0.1, 0.15) is 0 Å². The van der Waals surface area contributed by atoms with Crippen LogP contribution in [0.15, 0.2) is 0 Å². The third kappa shape index (κ3) is 10.6. The summed E-state index contributed by atoms with van der Waals surface area (Å²) >= 11 is 1.51. The van der Waals surface area contributed by atoms with E-state index in [1.807, 2.05) is 6.92 Å². The minimum Gasteiger partial charge on any atom is -0.469 e. The lowest BCUT2D eigenvalue weighted by Gasteiger charge is -2.15. The second-order valence-corrected chi connectivity index (χ2v) is 4.80. The van der Waals surface area contributed by atoms with E-state index in [0.29, 0.717) is 24.5 Å². The molecule has 6 heteroatoms. The number of rotatable bonds is 10. The topological polar surface area (TPSA) is 65.0 Å². The maximum atomic E-state index is 10.8. The first kappa shape index (κ1) is 16.7. The van der Waals surface area contributed by atoms with Gasteiger partial charge in [0.05, 0.1) is 39.0 Å². The Kier molecular flexibility index (Phi) is 10.6. The summed E-state index contributed by atoms with van der Waals surface area (Å²) in [6, 6.07) is 0. The van der Waals surface area contributed by atoms with Gasteiger partial charge in [-0.1, -0.05) is 0 Å². The predicted molar refractivity (Wildman–Crippen MR) is 67.3 cm³/mol. The standard InChI is InChI=1S/C11H22O5S/c1-9(6-14-2)16-7-10(12)8-17-5-4-11(13)15-3/h9-10,12H,4-8H2,1-3H3. The van der Waals surface area contributed by atoms with Gasteiger partial charge in [0, 0.05) is 18.6 Å². The van der Waals surface area contributed by atoms with Gasteiger partial charge in [0.15, 0.2) is 0 Å². The van der Waals surface area contributed by atoms with Gasteiger partial charge in [-0.2, -0.15) is 11.8 Å². The molecule has 0 aliphatic rings. The highest BCUT2D eigenvalue weighted by Gasteiger charge is 2.08. The van der Waals surface area contributed by atoms with Gasteiger partial charge < -0.3 is 19.3 Å². The zero-order chi connectivity index (χ0) is 13.1. The Hall–Kier alpha value is -0.300. The molecule has 0 radical (unpaired) electrons. The van der Waals surface area contributed by atoms with Gasteiger partial charge in [-0.25, -0.2) is 0 Å². The summed E-state index contributed by atoms with van der Waals surface area (Å²) in [5.74, 6) is 0.977. The van der Waals surface area contributed by atoms with Crippen molar-refractivity contribution in [1.82, 2.24) is 0 Å². The average molecular weight is 266 g/mol. The third-order valence-corrected chi connectivity index (χ3v) is 3.08. The number of methoxy groups -OCH3 is 2. The van der Waals surface area contributed by atoms with Crippen LogP contribution >= 0.6 is 11.8 Å². The fourth-order valence-corrected chi connectivity index (χ4v) is 1.93. The summed E-state index contributed by atoms with van der Waals surface area (Å²) < 4.78 is 14.8. The molecular formula is C11H22O5S. The molecule has 0 aromatic carbocycles. The first-order valence-corrected chi connectivity index (χ1v) is 6.68. The van der Waals surface area contributed by atoms with Crippen molar-refractivity contribution >= 4 is 17.7 Å². The van der Waals surface area contributed by atoms with Crippen molar-refractivity contribution in [2.24, 2.45) is 0 Å². The fourth-order valence-electron chi connectivity index (χ4n) is 1.08. The summed E-state index contributed by atoms with van der Waals surface area (Å²) in [7, 11) is 2.98. The number of hydrogen-bond acceptors (Lipinski definition) is 6. The highest BCUT2D eigenvalue weighted by molar-refractivity contribution is 7.99. The van der Waals surface area contributed by atoms with E-state index in [1.54, 1.807) is 7.11 Å². The van der Waals surface area contributed by atoms with Gasteiger partial charge in [-0.05, 0) is 6.92 Å². The molecule has 102 valence electrons.